The summed E-state index contributed by atoms with van der Waals surface area (Å²) in [6.07, 6.45) is 3.15. The summed E-state index contributed by atoms with van der Waals surface area (Å²) in [5.41, 5.74) is -1.32. The van der Waals surface area contributed by atoms with E-state index in [0.717, 1.165) is 0 Å². The fourth-order valence-corrected chi connectivity index (χ4v) is 5.44. The van der Waals surface area contributed by atoms with E-state index in [2.05, 4.69) is 0 Å². The summed E-state index contributed by atoms with van der Waals surface area (Å²) < 4.78 is 18.8. The lowest BCUT2D eigenvalue weighted by molar-refractivity contribution is -0.385. The first kappa shape index (κ1) is 19.5. The predicted octanol–water partition coefficient (Wildman–Crippen LogP) is 3.56. The van der Waals surface area contributed by atoms with Crippen molar-refractivity contribution in [3.63, 3.8) is 0 Å². The van der Waals surface area contributed by atoms with Crippen molar-refractivity contribution in [2.24, 2.45) is 0 Å². The number of nitriles is 1. The van der Waals surface area contributed by atoms with Crippen LogP contribution in [-0.2, 0) is 4.74 Å². The number of hydrogen-bond acceptors (Lipinski definition) is 8. The average molecular weight is 424 g/mol. The Kier molecular flexibility index (Phi) is 4.24. The van der Waals surface area contributed by atoms with Crippen LogP contribution in [0.4, 0.5) is 5.69 Å². The maximum atomic E-state index is 11.0. The monoisotopic (exact) mass is 424 g/mol. The molecule has 160 valence electrons. The van der Waals surface area contributed by atoms with Gasteiger partial charge in [0, 0.05) is 50.3 Å². The third kappa shape index (κ3) is 3.39. The first-order valence-corrected chi connectivity index (χ1v) is 10.0. The second kappa shape index (κ2) is 6.75. The van der Waals surface area contributed by atoms with Gasteiger partial charge < -0.3 is 24.4 Å². The average Bonchev–Trinajstić information content (AvgIpc) is 2.66. The first-order valence-electron chi connectivity index (χ1n) is 10.0. The van der Waals surface area contributed by atoms with Gasteiger partial charge in [0.05, 0.1) is 22.7 Å². The van der Waals surface area contributed by atoms with Gasteiger partial charge in [-0.05, 0) is 18.2 Å². The molecule has 2 aliphatic heterocycles. The highest BCUT2D eigenvalue weighted by atomic mass is 16.6. The lowest BCUT2D eigenvalue weighted by Crippen LogP contribution is -2.67. The van der Waals surface area contributed by atoms with E-state index in [1.165, 1.54) is 30.3 Å². The molecule has 2 saturated heterocycles. The Morgan fingerprint density at radius 2 is 1.55 bits per heavy atom. The Balaban J connectivity index is 1.41. The molecule has 2 heterocycles. The topological polar surface area (TPSA) is 135 Å². The SMILES string of the molecule is N#Cc1ccc(OC23C[C@@H]4CC(Oc5ccc([N+](=O)[O-])c(O)c5)(C[C@H](C2)O4)C3)cc1O. The second-order valence-electron chi connectivity index (χ2n) is 8.64. The van der Waals surface area contributed by atoms with E-state index in [9.17, 15) is 20.3 Å². The van der Waals surface area contributed by atoms with E-state index in [-0.39, 0.29) is 29.2 Å². The number of nitro benzene ring substituents is 1. The molecular formula is C22H20N2O7. The number of aromatic hydroxyl groups is 2. The standard InChI is InChI=1S/C22H20N2O7/c23-11-13-1-2-14(5-19(13)25)30-21-7-16-9-22(12-21,10-17(8-21)29-16)31-15-3-4-18(24(27)28)20(26)6-15/h1-6,16-17,25-26H,7-10,12H2/t16-,17+,21?,22?. The largest absolute Gasteiger partial charge is 0.506 e. The van der Waals surface area contributed by atoms with Crippen molar-refractivity contribution in [2.45, 2.75) is 55.5 Å². The number of hydrogen-bond donors (Lipinski definition) is 2. The molecule has 9 nitrogen and oxygen atoms in total. The Hall–Kier alpha value is -3.51. The van der Waals surface area contributed by atoms with Gasteiger partial charge in [0.25, 0.3) is 0 Å². The molecule has 2 N–H and O–H groups in total. The van der Waals surface area contributed by atoms with Crippen LogP contribution in [0.15, 0.2) is 36.4 Å². The maximum absolute atomic E-state index is 11.0. The van der Waals surface area contributed by atoms with Crippen LogP contribution in [0.1, 0.15) is 37.7 Å². The normalized spacial score (nSPS) is 30.5. The lowest BCUT2D eigenvalue weighted by Gasteiger charge is -2.60. The van der Waals surface area contributed by atoms with Crippen molar-refractivity contribution in [3.05, 3.63) is 52.1 Å². The molecule has 4 bridgehead atoms. The van der Waals surface area contributed by atoms with E-state index >= 15 is 0 Å². The van der Waals surface area contributed by atoms with Crippen molar-refractivity contribution in [1.82, 2.24) is 0 Å². The summed E-state index contributed by atoms with van der Waals surface area (Å²) in [4.78, 5) is 10.3. The van der Waals surface area contributed by atoms with Crippen LogP contribution in [0.2, 0.25) is 0 Å². The van der Waals surface area contributed by atoms with E-state index in [1.807, 2.05) is 6.07 Å². The Bertz CT molecular complexity index is 1100. The van der Waals surface area contributed by atoms with Gasteiger partial charge in [-0.1, -0.05) is 0 Å². The Labute approximate surface area is 177 Å². The highest BCUT2D eigenvalue weighted by Crippen LogP contribution is 2.55. The molecule has 0 radical (unpaired) electrons. The lowest BCUT2D eigenvalue weighted by atomic mass is 9.62. The van der Waals surface area contributed by atoms with Crippen LogP contribution < -0.4 is 9.47 Å². The Morgan fingerprint density at radius 3 is 2.03 bits per heavy atom. The molecule has 2 unspecified atom stereocenters. The summed E-state index contributed by atoms with van der Waals surface area (Å²) in [5.74, 6) is 0.258. The van der Waals surface area contributed by atoms with Crippen molar-refractivity contribution in [2.75, 3.05) is 0 Å². The fourth-order valence-electron chi connectivity index (χ4n) is 5.44. The first-order chi connectivity index (χ1) is 14.8. The summed E-state index contributed by atoms with van der Waals surface area (Å²) in [6.45, 7) is 0. The van der Waals surface area contributed by atoms with Gasteiger partial charge >= 0.3 is 5.69 Å². The molecule has 4 aliphatic rings. The molecule has 0 amide bonds. The molecule has 2 aromatic carbocycles. The van der Waals surface area contributed by atoms with Gasteiger partial charge in [0.2, 0.25) is 0 Å². The smallest absolute Gasteiger partial charge is 0.310 e. The number of phenols is 2. The predicted molar refractivity (Wildman–Crippen MR) is 106 cm³/mol. The minimum absolute atomic E-state index is 0.0557. The molecule has 31 heavy (non-hydrogen) atoms. The molecule has 6 rings (SSSR count). The van der Waals surface area contributed by atoms with E-state index in [1.54, 1.807) is 6.07 Å². The number of ether oxygens (including phenoxy) is 3. The number of nitro groups is 1. The summed E-state index contributed by atoms with van der Waals surface area (Å²) in [7, 11) is 0. The van der Waals surface area contributed by atoms with E-state index in [4.69, 9.17) is 19.5 Å². The zero-order valence-corrected chi connectivity index (χ0v) is 16.5. The van der Waals surface area contributed by atoms with Crippen LogP contribution in [0.25, 0.3) is 0 Å². The van der Waals surface area contributed by atoms with Gasteiger partial charge in [-0.25, -0.2) is 0 Å². The Morgan fingerprint density at radius 1 is 1.00 bits per heavy atom. The van der Waals surface area contributed by atoms with Crippen LogP contribution in [-0.4, -0.2) is 38.5 Å². The molecule has 4 fully saturated rings. The fraction of sp³-hybridized carbons (Fsp3) is 0.409. The number of benzene rings is 2. The molecule has 2 aromatic rings. The van der Waals surface area contributed by atoms with Crippen molar-refractivity contribution < 1.29 is 29.3 Å². The van der Waals surface area contributed by atoms with Gasteiger partial charge in [0.15, 0.2) is 5.75 Å². The molecule has 0 spiro atoms. The van der Waals surface area contributed by atoms with Crippen molar-refractivity contribution in [1.29, 1.82) is 5.26 Å². The highest BCUT2D eigenvalue weighted by Gasteiger charge is 2.61. The third-order valence-corrected chi connectivity index (χ3v) is 6.33. The zero-order chi connectivity index (χ0) is 21.8. The van der Waals surface area contributed by atoms with Crippen LogP contribution >= 0.6 is 0 Å². The molecular weight excluding hydrogens is 404 g/mol. The molecule has 2 aliphatic carbocycles. The van der Waals surface area contributed by atoms with Gasteiger partial charge in [-0.15, -0.1) is 0 Å². The minimum Gasteiger partial charge on any atom is -0.506 e. The van der Waals surface area contributed by atoms with Crippen molar-refractivity contribution in [3.8, 4) is 29.1 Å². The van der Waals surface area contributed by atoms with Gasteiger partial charge in [-0.3, -0.25) is 10.1 Å². The summed E-state index contributed by atoms with van der Waals surface area (Å²) >= 11 is 0. The highest BCUT2D eigenvalue weighted by molar-refractivity contribution is 5.50. The van der Waals surface area contributed by atoms with E-state index < -0.39 is 21.9 Å². The molecule has 2 saturated carbocycles. The third-order valence-electron chi connectivity index (χ3n) is 6.33. The number of nitrogens with zero attached hydrogens (tertiary/aromatic N) is 2. The maximum Gasteiger partial charge on any atom is 0.310 e. The molecule has 0 aromatic heterocycles. The molecule has 4 atom stereocenters. The van der Waals surface area contributed by atoms with Gasteiger partial charge in [-0.2, -0.15) is 5.26 Å². The van der Waals surface area contributed by atoms with Crippen LogP contribution in [0.5, 0.6) is 23.0 Å². The van der Waals surface area contributed by atoms with Crippen molar-refractivity contribution >= 4 is 5.69 Å². The number of rotatable bonds is 5. The minimum atomic E-state index is -0.645. The quantitative estimate of drug-likeness (QED) is 0.549. The van der Waals surface area contributed by atoms with Crippen LogP contribution in [0, 0.1) is 21.4 Å². The molecule has 9 heteroatoms. The van der Waals surface area contributed by atoms with E-state index in [0.29, 0.717) is 43.6 Å². The summed E-state index contributed by atoms with van der Waals surface area (Å²) in [6, 6.07) is 10.5. The zero-order valence-electron chi connectivity index (χ0n) is 16.5. The van der Waals surface area contributed by atoms with Crippen LogP contribution in [0.3, 0.4) is 0 Å². The number of phenolic OH excluding ortho intramolecular Hbond substituents is 2. The van der Waals surface area contributed by atoms with Gasteiger partial charge in [0.1, 0.15) is 34.5 Å². The second-order valence-corrected chi connectivity index (χ2v) is 8.64. The summed E-state index contributed by atoms with van der Waals surface area (Å²) in [5, 5.41) is 40.0.